The molecule has 0 atom stereocenters. The quantitative estimate of drug-likeness (QED) is 0.445. The second-order valence-electron chi connectivity index (χ2n) is 3.61. The second-order valence-corrected chi connectivity index (χ2v) is 4.85. The first kappa shape index (κ1) is 15.0. The largest absolute Gasteiger partial charge is 0.507 e. The molecule has 0 saturated heterocycles. The normalized spacial score (nSPS) is 10.1. The first-order valence-corrected chi connectivity index (χ1v) is 6.68. The van der Waals surface area contributed by atoms with Gasteiger partial charge in [0, 0.05) is 10.1 Å². The highest BCUT2D eigenvalue weighted by atomic mass is 127. The average molecular weight is 361 g/mol. The molecular formula is C13H16INO3. The van der Waals surface area contributed by atoms with E-state index in [0.717, 1.165) is 9.99 Å². The minimum Gasteiger partial charge on any atom is -0.507 e. The lowest BCUT2D eigenvalue weighted by molar-refractivity contribution is 0.0915. The molecule has 2 N–H and O–H groups in total. The van der Waals surface area contributed by atoms with Gasteiger partial charge in [-0.1, -0.05) is 6.08 Å². The van der Waals surface area contributed by atoms with Gasteiger partial charge in [0.05, 0.1) is 18.8 Å². The zero-order chi connectivity index (χ0) is 13.4. The van der Waals surface area contributed by atoms with Crippen molar-refractivity contribution in [1.29, 1.82) is 0 Å². The third kappa shape index (κ3) is 5.05. The summed E-state index contributed by atoms with van der Waals surface area (Å²) in [5.41, 5.74) is 0.285. The van der Waals surface area contributed by atoms with Gasteiger partial charge in [0.25, 0.3) is 5.91 Å². The summed E-state index contributed by atoms with van der Waals surface area (Å²) in [4.78, 5) is 11.8. The number of aromatic hydroxyl groups is 1. The van der Waals surface area contributed by atoms with E-state index in [-0.39, 0.29) is 17.2 Å². The number of phenolic OH excluding ortho intramolecular Hbond substituents is 1. The maximum atomic E-state index is 11.8. The molecule has 0 fully saturated rings. The van der Waals surface area contributed by atoms with Gasteiger partial charge in [0.15, 0.2) is 0 Å². The van der Waals surface area contributed by atoms with Crippen LogP contribution < -0.4 is 5.32 Å². The predicted molar refractivity (Wildman–Crippen MR) is 78.8 cm³/mol. The average Bonchev–Trinajstić information content (AvgIpc) is 2.36. The van der Waals surface area contributed by atoms with Gasteiger partial charge >= 0.3 is 0 Å². The van der Waals surface area contributed by atoms with Crippen LogP contribution in [0.3, 0.4) is 0 Å². The van der Waals surface area contributed by atoms with Crippen molar-refractivity contribution < 1.29 is 14.6 Å². The molecule has 5 heteroatoms. The van der Waals surface area contributed by atoms with Crippen molar-refractivity contribution in [3.05, 3.63) is 40.0 Å². The van der Waals surface area contributed by atoms with Crippen molar-refractivity contribution in [3.63, 3.8) is 0 Å². The fraction of sp³-hybridized carbons (Fsp3) is 0.308. The summed E-state index contributed by atoms with van der Waals surface area (Å²) < 4.78 is 6.17. The first-order chi connectivity index (χ1) is 8.65. The van der Waals surface area contributed by atoms with Crippen molar-refractivity contribution in [2.24, 2.45) is 0 Å². The molecule has 0 heterocycles. The molecule has 0 bridgehead atoms. The maximum Gasteiger partial charge on any atom is 0.255 e. The number of carbonyl (C=O) groups excluding carboxylic acids is 1. The van der Waals surface area contributed by atoms with Crippen LogP contribution in [-0.4, -0.2) is 30.8 Å². The van der Waals surface area contributed by atoms with Crippen molar-refractivity contribution in [2.75, 3.05) is 19.8 Å². The van der Waals surface area contributed by atoms with Gasteiger partial charge < -0.3 is 15.2 Å². The molecule has 0 saturated carbocycles. The molecule has 18 heavy (non-hydrogen) atoms. The molecule has 0 radical (unpaired) electrons. The Hall–Kier alpha value is -1.08. The van der Waals surface area contributed by atoms with Crippen LogP contribution in [0.15, 0.2) is 30.9 Å². The van der Waals surface area contributed by atoms with Crippen LogP contribution in [0.25, 0.3) is 0 Å². The Kier molecular flexibility index (Phi) is 6.74. The maximum absolute atomic E-state index is 11.8. The Morgan fingerprint density at radius 2 is 2.28 bits per heavy atom. The highest BCUT2D eigenvalue weighted by molar-refractivity contribution is 14.1. The van der Waals surface area contributed by atoms with Crippen LogP contribution in [-0.2, 0) is 4.74 Å². The fourth-order valence-electron chi connectivity index (χ4n) is 1.29. The standard InChI is InChI=1S/C13H16INO3/c1-2-3-7-18-8-6-15-13(17)11-9-10(14)4-5-12(11)16/h2,4-5,9,16H,1,3,6-8H2,(H,15,17). The molecule has 0 aliphatic heterocycles. The van der Waals surface area contributed by atoms with Crippen LogP contribution in [0.2, 0.25) is 0 Å². The van der Waals surface area contributed by atoms with E-state index in [1.807, 2.05) is 0 Å². The molecule has 0 unspecified atom stereocenters. The van der Waals surface area contributed by atoms with Gasteiger partial charge in [0.2, 0.25) is 0 Å². The highest BCUT2D eigenvalue weighted by Crippen LogP contribution is 2.19. The lowest BCUT2D eigenvalue weighted by Gasteiger charge is -2.07. The zero-order valence-electron chi connectivity index (χ0n) is 9.99. The van der Waals surface area contributed by atoms with Gasteiger partial charge in [-0.15, -0.1) is 6.58 Å². The highest BCUT2D eigenvalue weighted by Gasteiger charge is 2.10. The number of hydrogen-bond donors (Lipinski definition) is 2. The SMILES string of the molecule is C=CCCOCCNC(=O)c1cc(I)ccc1O. The van der Waals surface area contributed by atoms with Gasteiger partial charge in [-0.3, -0.25) is 4.79 Å². The lowest BCUT2D eigenvalue weighted by Crippen LogP contribution is -2.27. The number of halogens is 1. The van der Waals surface area contributed by atoms with E-state index in [4.69, 9.17) is 4.74 Å². The summed E-state index contributed by atoms with van der Waals surface area (Å²) in [5.74, 6) is -0.307. The van der Waals surface area contributed by atoms with Crippen LogP contribution in [0.4, 0.5) is 0 Å². The third-order valence-electron chi connectivity index (χ3n) is 2.20. The molecule has 0 aromatic heterocycles. The lowest BCUT2D eigenvalue weighted by atomic mass is 10.2. The number of nitrogens with one attached hydrogen (secondary N) is 1. The monoisotopic (exact) mass is 361 g/mol. The zero-order valence-corrected chi connectivity index (χ0v) is 12.1. The van der Waals surface area contributed by atoms with E-state index in [9.17, 15) is 9.90 Å². The third-order valence-corrected chi connectivity index (χ3v) is 2.87. The molecular weight excluding hydrogens is 345 g/mol. The Balaban J connectivity index is 2.36. The molecule has 98 valence electrons. The van der Waals surface area contributed by atoms with Crippen molar-refractivity contribution in [1.82, 2.24) is 5.32 Å². The van der Waals surface area contributed by atoms with Crippen LogP contribution in [0.1, 0.15) is 16.8 Å². The summed E-state index contributed by atoms with van der Waals surface area (Å²) >= 11 is 2.09. The Morgan fingerprint density at radius 1 is 1.50 bits per heavy atom. The number of benzene rings is 1. The van der Waals surface area contributed by atoms with Crippen molar-refractivity contribution >= 4 is 28.5 Å². The summed E-state index contributed by atoms with van der Waals surface area (Å²) in [6, 6.07) is 4.89. The van der Waals surface area contributed by atoms with E-state index in [2.05, 4.69) is 34.5 Å². The molecule has 0 aliphatic rings. The number of phenols is 1. The van der Waals surface area contributed by atoms with E-state index < -0.39 is 0 Å². The van der Waals surface area contributed by atoms with E-state index >= 15 is 0 Å². The van der Waals surface area contributed by atoms with Crippen molar-refractivity contribution in [2.45, 2.75) is 6.42 Å². The van der Waals surface area contributed by atoms with Gasteiger partial charge in [-0.05, 0) is 47.2 Å². The van der Waals surface area contributed by atoms with Gasteiger partial charge in [-0.25, -0.2) is 0 Å². The Bertz CT molecular complexity index is 421. The molecule has 1 aromatic rings. The Labute approximate surface area is 120 Å². The molecule has 1 amide bonds. The van der Waals surface area contributed by atoms with Crippen LogP contribution >= 0.6 is 22.6 Å². The fourth-order valence-corrected chi connectivity index (χ4v) is 1.78. The van der Waals surface area contributed by atoms with E-state index in [1.165, 1.54) is 6.07 Å². The van der Waals surface area contributed by atoms with Crippen LogP contribution in [0, 0.1) is 3.57 Å². The smallest absolute Gasteiger partial charge is 0.255 e. The number of hydrogen-bond acceptors (Lipinski definition) is 3. The molecule has 1 aromatic carbocycles. The van der Waals surface area contributed by atoms with E-state index in [1.54, 1.807) is 18.2 Å². The molecule has 4 nitrogen and oxygen atoms in total. The summed E-state index contributed by atoms with van der Waals surface area (Å²) in [6.07, 6.45) is 2.58. The molecule has 0 aliphatic carbocycles. The topological polar surface area (TPSA) is 58.6 Å². The summed E-state index contributed by atoms with van der Waals surface area (Å²) in [7, 11) is 0. The van der Waals surface area contributed by atoms with Gasteiger partial charge in [0.1, 0.15) is 5.75 Å². The van der Waals surface area contributed by atoms with Crippen molar-refractivity contribution in [3.8, 4) is 5.75 Å². The predicted octanol–water partition coefficient (Wildman–Crippen LogP) is 2.32. The Morgan fingerprint density at radius 3 is 3.00 bits per heavy atom. The minimum absolute atomic E-state index is 0.0134. The van der Waals surface area contributed by atoms with Gasteiger partial charge in [-0.2, -0.15) is 0 Å². The van der Waals surface area contributed by atoms with E-state index in [0.29, 0.717) is 19.8 Å². The number of amides is 1. The number of carbonyl (C=O) groups is 1. The van der Waals surface area contributed by atoms with Crippen LogP contribution in [0.5, 0.6) is 5.75 Å². The minimum atomic E-state index is -0.293. The summed E-state index contributed by atoms with van der Waals surface area (Å²) in [6.45, 7) is 5.06. The first-order valence-electron chi connectivity index (χ1n) is 5.60. The molecule has 1 rings (SSSR count). The number of rotatable bonds is 7. The second kappa shape index (κ2) is 8.10. The number of ether oxygens (including phenoxy) is 1. The summed E-state index contributed by atoms with van der Waals surface area (Å²) in [5, 5.41) is 12.3. The molecule has 0 spiro atoms.